The fourth-order valence-electron chi connectivity index (χ4n) is 2.51. The van der Waals surface area contributed by atoms with Gasteiger partial charge in [-0.3, -0.25) is 0 Å². The van der Waals surface area contributed by atoms with E-state index in [1.54, 1.807) is 0 Å². The lowest BCUT2D eigenvalue weighted by atomic mass is 9.91. The quantitative estimate of drug-likeness (QED) is 0.617. The van der Waals surface area contributed by atoms with Crippen molar-refractivity contribution >= 4 is 11.8 Å². The first-order chi connectivity index (χ1) is 7.24. The van der Waals surface area contributed by atoms with Crippen LogP contribution in [0, 0.1) is 0 Å². The van der Waals surface area contributed by atoms with Crippen LogP contribution in [0.25, 0.3) is 0 Å². The molecule has 0 aromatic rings. The molecule has 0 bridgehead atoms. The number of carbonyl (C=O) groups is 1. The van der Waals surface area contributed by atoms with Crippen molar-refractivity contribution in [1.29, 1.82) is 0 Å². The third kappa shape index (κ3) is 2.37. The Balaban J connectivity index is 2.03. The number of amides is 1. The zero-order chi connectivity index (χ0) is 10.7. The van der Waals surface area contributed by atoms with Gasteiger partial charge in [-0.15, -0.1) is 0 Å². The molecule has 1 heterocycles. The van der Waals surface area contributed by atoms with Gasteiger partial charge < -0.3 is 9.47 Å². The molecule has 0 atom stereocenters. The molecular weight excluding hydrogens is 194 g/mol. The van der Waals surface area contributed by atoms with Crippen LogP contribution in [-0.2, 0) is 9.47 Å². The smallest absolute Gasteiger partial charge is 0.433 e. The van der Waals surface area contributed by atoms with Crippen molar-refractivity contribution in [3.63, 3.8) is 0 Å². The van der Waals surface area contributed by atoms with Crippen LogP contribution < -0.4 is 0 Å². The van der Waals surface area contributed by atoms with Gasteiger partial charge in [0.25, 0.3) is 0 Å². The van der Waals surface area contributed by atoms with Gasteiger partial charge in [-0.05, 0) is 12.8 Å². The van der Waals surface area contributed by atoms with E-state index in [-0.39, 0.29) is 5.60 Å². The molecule has 1 amide bonds. The molecule has 1 saturated carbocycles. The summed E-state index contributed by atoms with van der Waals surface area (Å²) in [5, 5.41) is 0. The molecule has 4 heteroatoms. The summed E-state index contributed by atoms with van der Waals surface area (Å²) in [7, 11) is 1.36. The molecule has 2 fully saturated rings. The van der Waals surface area contributed by atoms with E-state index < -0.39 is 6.09 Å². The minimum absolute atomic E-state index is 0.00882. The number of hydrogen-bond donors (Lipinski definition) is 0. The fourth-order valence-corrected chi connectivity index (χ4v) is 2.51. The molecule has 1 aliphatic heterocycles. The molecular formula is C11H17NO3. The van der Waals surface area contributed by atoms with Gasteiger partial charge in [0.15, 0.2) is 0 Å². The van der Waals surface area contributed by atoms with E-state index in [0.717, 1.165) is 31.4 Å². The van der Waals surface area contributed by atoms with Gasteiger partial charge in [0.05, 0.1) is 19.3 Å². The zero-order valence-corrected chi connectivity index (χ0v) is 9.12. The summed E-state index contributed by atoms with van der Waals surface area (Å²) in [6, 6.07) is 0. The van der Waals surface area contributed by atoms with Crippen LogP contribution in [0.2, 0.25) is 0 Å². The number of nitrogens with zero attached hydrogens (tertiary/aromatic N) is 1. The maximum atomic E-state index is 11.0. The second-order valence-corrected chi connectivity index (χ2v) is 4.31. The monoisotopic (exact) mass is 211 g/mol. The summed E-state index contributed by atoms with van der Waals surface area (Å²) in [4.78, 5) is 15.0. The highest BCUT2D eigenvalue weighted by molar-refractivity contribution is 5.94. The fraction of sp³-hybridized carbons (Fsp3) is 0.818. The van der Waals surface area contributed by atoms with Crippen LogP contribution in [0.5, 0.6) is 0 Å². The summed E-state index contributed by atoms with van der Waals surface area (Å²) in [5.41, 5.74) is 0.931. The molecule has 0 aromatic heterocycles. The Morgan fingerprint density at radius 2 is 2.20 bits per heavy atom. The van der Waals surface area contributed by atoms with Gasteiger partial charge in [-0.2, -0.15) is 4.99 Å². The highest BCUT2D eigenvalue weighted by Gasteiger charge is 2.38. The van der Waals surface area contributed by atoms with Gasteiger partial charge in [-0.1, -0.05) is 12.8 Å². The Labute approximate surface area is 89.7 Å². The van der Waals surface area contributed by atoms with Crippen LogP contribution in [0.15, 0.2) is 4.99 Å². The van der Waals surface area contributed by atoms with E-state index in [0.29, 0.717) is 6.61 Å². The van der Waals surface area contributed by atoms with Crippen LogP contribution >= 0.6 is 0 Å². The van der Waals surface area contributed by atoms with Crippen molar-refractivity contribution in [2.75, 3.05) is 13.7 Å². The van der Waals surface area contributed by atoms with Gasteiger partial charge in [0.2, 0.25) is 0 Å². The minimum Gasteiger partial charge on any atom is -0.451 e. The van der Waals surface area contributed by atoms with Crippen molar-refractivity contribution in [3.8, 4) is 0 Å². The zero-order valence-electron chi connectivity index (χ0n) is 9.12. The Hall–Kier alpha value is -0.900. The lowest BCUT2D eigenvalue weighted by molar-refractivity contribution is -0.0431. The maximum Gasteiger partial charge on any atom is 0.433 e. The summed E-state index contributed by atoms with van der Waals surface area (Å²) in [6.45, 7) is 0.690. The second-order valence-electron chi connectivity index (χ2n) is 4.31. The van der Waals surface area contributed by atoms with E-state index >= 15 is 0 Å². The average molecular weight is 211 g/mol. The van der Waals surface area contributed by atoms with Crippen LogP contribution in [0.4, 0.5) is 4.79 Å². The molecule has 84 valence electrons. The van der Waals surface area contributed by atoms with Crippen molar-refractivity contribution in [3.05, 3.63) is 0 Å². The summed E-state index contributed by atoms with van der Waals surface area (Å²) >= 11 is 0. The lowest BCUT2D eigenvalue weighted by Crippen LogP contribution is -2.37. The second kappa shape index (κ2) is 4.31. The molecule has 2 aliphatic rings. The van der Waals surface area contributed by atoms with Gasteiger partial charge in [0, 0.05) is 18.6 Å². The average Bonchev–Trinajstić information content (AvgIpc) is 2.66. The van der Waals surface area contributed by atoms with Crippen molar-refractivity contribution in [2.45, 2.75) is 44.1 Å². The lowest BCUT2D eigenvalue weighted by Gasteiger charge is -2.34. The Bertz CT molecular complexity index is 280. The molecule has 0 unspecified atom stereocenters. The summed E-state index contributed by atoms with van der Waals surface area (Å²) in [6.07, 6.45) is 5.75. The van der Waals surface area contributed by atoms with Crippen molar-refractivity contribution in [1.82, 2.24) is 0 Å². The summed E-state index contributed by atoms with van der Waals surface area (Å²) < 4.78 is 10.4. The minimum atomic E-state index is -0.486. The van der Waals surface area contributed by atoms with Crippen LogP contribution in [-0.4, -0.2) is 31.1 Å². The Kier molecular flexibility index (Phi) is 3.05. The van der Waals surface area contributed by atoms with Crippen molar-refractivity contribution < 1.29 is 14.3 Å². The number of carbonyl (C=O) groups excluding carboxylic acids is 1. The first-order valence-electron chi connectivity index (χ1n) is 5.52. The number of methoxy groups -OCH3 is 1. The molecule has 1 saturated heterocycles. The number of aliphatic imine (C=N–C) groups is 1. The maximum absolute atomic E-state index is 11.0. The van der Waals surface area contributed by atoms with Crippen LogP contribution in [0.1, 0.15) is 38.5 Å². The molecule has 1 aliphatic carbocycles. The Morgan fingerprint density at radius 1 is 1.47 bits per heavy atom. The topological polar surface area (TPSA) is 47.9 Å². The standard InChI is InChI=1S/C11H17NO3/c1-14-10(13)12-9-4-7-15-11(8-9)5-2-3-6-11/h2-8H2,1H3. The van der Waals surface area contributed by atoms with E-state index in [2.05, 4.69) is 9.73 Å². The first-order valence-corrected chi connectivity index (χ1v) is 5.52. The first kappa shape index (κ1) is 10.6. The molecule has 0 N–H and O–H groups in total. The van der Waals surface area contributed by atoms with E-state index in [1.807, 2.05) is 0 Å². The van der Waals surface area contributed by atoms with Crippen LogP contribution in [0.3, 0.4) is 0 Å². The third-order valence-corrected chi connectivity index (χ3v) is 3.26. The van der Waals surface area contributed by atoms with E-state index in [4.69, 9.17) is 4.74 Å². The number of ether oxygens (including phenoxy) is 2. The van der Waals surface area contributed by atoms with Gasteiger partial charge in [0.1, 0.15) is 0 Å². The normalized spacial score (nSPS) is 27.1. The highest BCUT2D eigenvalue weighted by atomic mass is 16.5. The SMILES string of the molecule is COC(=O)N=C1CCOC2(CCCC2)C1. The van der Waals surface area contributed by atoms with E-state index in [1.165, 1.54) is 20.0 Å². The molecule has 1 spiro atoms. The molecule has 0 radical (unpaired) electrons. The summed E-state index contributed by atoms with van der Waals surface area (Å²) in [5.74, 6) is 0. The third-order valence-electron chi connectivity index (χ3n) is 3.26. The predicted molar refractivity (Wildman–Crippen MR) is 56.2 cm³/mol. The molecule has 2 rings (SSSR count). The Morgan fingerprint density at radius 3 is 2.87 bits per heavy atom. The largest absolute Gasteiger partial charge is 0.451 e. The van der Waals surface area contributed by atoms with Gasteiger partial charge >= 0.3 is 6.09 Å². The predicted octanol–water partition coefficient (Wildman–Crippen LogP) is 2.32. The number of hydrogen-bond acceptors (Lipinski definition) is 3. The molecule has 4 nitrogen and oxygen atoms in total. The van der Waals surface area contributed by atoms with E-state index in [9.17, 15) is 4.79 Å². The van der Waals surface area contributed by atoms with Gasteiger partial charge in [-0.25, -0.2) is 4.79 Å². The highest BCUT2D eigenvalue weighted by Crippen LogP contribution is 2.39. The molecule has 15 heavy (non-hydrogen) atoms. The molecule has 0 aromatic carbocycles. The van der Waals surface area contributed by atoms with Crippen molar-refractivity contribution in [2.24, 2.45) is 4.99 Å². The number of rotatable bonds is 0.